The molecule has 1 aromatic heterocycles. The number of aromatic nitrogens is 1. The maximum absolute atomic E-state index is 13.0. The Hall–Kier alpha value is -1.38. The highest BCUT2D eigenvalue weighted by atomic mass is 19.1. The number of hydrogen-bond donors (Lipinski definition) is 1. The number of rotatable bonds is 3. The molecule has 1 rings (SSSR count). The minimum atomic E-state index is -0.338. The topological polar surface area (TPSA) is 24.9 Å². The lowest BCUT2D eigenvalue weighted by atomic mass is 10.1. The molecule has 1 N–H and O–H groups in total. The SMILES string of the molecule is C=C(CC)c1cc(NC)c(F)cn1. The summed E-state index contributed by atoms with van der Waals surface area (Å²) in [5.41, 5.74) is 2.12. The Morgan fingerprint density at radius 3 is 2.92 bits per heavy atom. The Kier molecular flexibility index (Phi) is 3.01. The zero-order valence-corrected chi connectivity index (χ0v) is 7.89. The molecule has 70 valence electrons. The predicted octanol–water partition coefficient (Wildman–Crippen LogP) is 2.69. The van der Waals surface area contributed by atoms with E-state index in [9.17, 15) is 4.39 Å². The fraction of sp³-hybridized carbons (Fsp3) is 0.300. The highest BCUT2D eigenvalue weighted by Crippen LogP contribution is 2.19. The van der Waals surface area contributed by atoms with Crippen LogP contribution in [0.3, 0.4) is 0 Å². The van der Waals surface area contributed by atoms with E-state index >= 15 is 0 Å². The normalized spacial score (nSPS) is 9.77. The largest absolute Gasteiger partial charge is 0.386 e. The predicted molar refractivity (Wildman–Crippen MR) is 53.1 cm³/mol. The highest BCUT2D eigenvalue weighted by molar-refractivity contribution is 5.63. The minimum Gasteiger partial charge on any atom is -0.386 e. The first kappa shape index (κ1) is 9.71. The molecule has 0 fully saturated rings. The zero-order chi connectivity index (χ0) is 9.84. The molecular formula is C10H13FN2. The molecule has 0 aliphatic carbocycles. The lowest BCUT2D eigenvalue weighted by molar-refractivity contribution is 0.624. The van der Waals surface area contributed by atoms with E-state index in [1.807, 2.05) is 6.92 Å². The van der Waals surface area contributed by atoms with Crippen LogP contribution in [0.4, 0.5) is 10.1 Å². The minimum absolute atomic E-state index is 0.338. The van der Waals surface area contributed by atoms with Crippen molar-refractivity contribution in [3.05, 3.63) is 30.4 Å². The van der Waals surface area contributed by atoms with Crippen LogP contribution in [0.25, 0.3) is 5.57 Å². The van der Waals surface area contributed by atoms with Gasteiger partial charge in [-0.3, -0.25) is 4.98 Å². The second-order valence-corrected chi connectivity index (χ2v) is 2.76. The van der Waals surface area contributed by atoms with Crippen molar-refractivity contribution >= 4 is 11.3 Å². The smallest absolute Gasteiger partial charge is 0.164 e. The Labute approximate surface area is 77.5 Å². The number of pyridine rings is 1. The molecule has 0 bridgehead atoms. The second-order valence-electron chi connectivity index (χ2n) is 2.76. The molecule has 1 heterocycles. The molecule has 0 unspecified atom stereocenters. The van der Waals surface area contributed by atoms with Crippen molar-refractivity contribution in [3.8, 4) is 0 Å². The average Bonchev–Trinajstić information content (AvgIpc) is 2.17. The van der Waals surface area contributed by atoms with E-state index in [0.29, 0.717) is 5.69 Å². The number of hydrogen-bond acceptors (Lipinski definition) is 2. The first-order chi connectivity index (χ1) is 6.19. The quantitative estimate of drug-likeness (QED) is 0.773. The molecular weight excluding hydrogens is 167 g/mol. The van der Waals surface area contributed by atoms with Gasteiger partial charge in [0.25, 0.3) is 0 Å². The first-order valence-electron chi connectivity index (χ1n) is 4.20. The van der Waals surface area contributed by atoms with Crippen LogP contribution in [-0.4, -0.2) is 12.0 Å². The molecule has 0 amide bonds. The number of nitrogens with zero attached hydrogens (tertiary/aromatic N) is 1. The molecule has 0 atom stereocenters. The molecule has 3 heteroatoms. The van der Waals surface area contributed by atoms with Crippen LogP contribution in [0.15, 0.2) is 18.8 Å². The van der Waals surface area contributed by atoms with E-state index in [2.05, 4.69) is 16.9 Å². The Balaban J connectivity index is 3.06. The maximum Gasteiger partial charge on any atom is 0.164 e. The number of halogens is 1. The lowest BCUT2D eigenvalue weighted by Gasteiger charge is -2.05. The van der Waals surface area contributed by atoms with Crippen LogP contribution in [-0.2, 0) is 0 Å². The summed E-state index contributed by atoms with van der Waals surface area (Å²) in [6, 6.07) is 1.67. The highest BCUT2D eigenvalue weighted by Gasteiger charge is 2.04. The van der Waals surface area contributed by atoms with E-state index < -0.39 is 0 Å². The first-order valence-corrected chi connectivity index (χ1v) is 4.20. The third-order valence-corrected chi connectivity index (χ3v) is 1.91. The van der Waals surface area contributed by atoms with Gasteiger partial charge in [-0.25, -0.2) is 4.39 Å². The van der Waals surface area contributed by atoms with Crippen molar-refractivity contribution in [3.63, 3.8) is 0 Å². The van der Waals surface area contributed by atoms with E-state index in [0.717, 1.165) is 17.7 Å². The fourth-order valence-corrected chi connectivity index (χ4v) is 1.00. The summed E-state index contributed by atoms with van der Waals surface area (Å²) in [5, 5.41) is 2.76. The van der Waals surface area contributed by atoms with Gasteiger partial charge in [0, 0.05) is 7.05 Å². The summed E-state index contributed by atoms with van der Waals surface area (Å²) in [7, 11) is 1.68. The van der Waals surface area contributed by atoms with Crippen molar-refractivity contribution in [2.75, 3.05) is 12.4 Å². The van der Waals surface area contributed by atoms with Gasteiger partial charge in [-0.15, -0.1) is 0 Å². The van der Waals surface area contributed by atoms with Crippen LogP contribution >= 0.6 is 0 Å². The maximum atomic E-state index is 13.0. The van der Waals surface area contributed by atoms with Crippen molar-refractivity contribution in [1.29, 1.82) is 0 Å². The molecule has 1 aromatic rings. The fourth-order valence-electron chi connectivity index (χ4n) is 1.00. The monoisotopic (exact) mass is 180 g/mol. The summed E-state index contributed by atoms with van der Waals surface area (Å²) in [4.78, 5) is 3.94. The Bertz CT molecular complexity index is 321. The van der Waals surface area contributed by atoms with E-state index in [1.54, 1.807) is 13.1 Å². The third kappa shape index (κ3) is 2.05. The van der Waals surface area contributed by atoms with Gasteiger partial charge in [-0.1, -0.05) is 13.5 Å². The third-order valence-electron chi connectivity index (χ3n) is 1.91. The van der Waals surface area contributed by atoms with Crippen molar-refractivity contribution < 1.29 is 4.39 Å². The molecule has 0 aromatic carbocycles. The summed E-state index contributed by atoms with van der Waals surface area (Å²) in [5.74, 6) is -0.338. The summed E-state index contributed by atoms with van der Waals surface area (Å²) in [6.45, 7) is 5.83. The van der Waals surface area contributed by atoms with Gasteiger partial charge in [-0.2, -0.15) is 0 Å². The second kappa shape index (κ2) is 4.03. The van der Waals surface area contributed by atoms with E-state index in [-0.39, 0.29) is 5.82 Å². The summed E-state index contributed by atoms with van der Waals surface area (Å²) >= 11 is 0. The van der Waals surface area contributed by atoms with E-state index in [1.165, 1.54) is 6.20 Å². The van der Waals surface area contributed by atoms with Crippen molar-refractivity contribution in [2.45, 2.75) is 13.3 Å². The van der Waals surface area contributed by atoms with Gasteiger partial charge < -0.3 is 5.32 Å². The molecule has 0 aliphatic rings. The number of nitrogens with one attached hydrogen (secondary N) is 1. The molecule has 0 radical (unpaired) electrons. The van der Waals surface area contributed by atoms with Crippen molar-refractivity contribution in [1.82, 2.24) is 4.98 Å². The van der Waals surface area contributed by atoms with Crippen LogP contribution in [0.1, 0.15) is 19.0 Å². The molecule has 0 aliphatic heterocycles. The summed E-state index contributed by atoms with van der Waals surface area (Å²) < 4.78 is 13.0. The van der Waals surface area contributed by atoms with Gasteiger partial charge in [0.2, 0.25) is 0 Å². The number of anilines is 1. The molecule has 0 saturated heterocycles. The standard InChI is InChI=1S/C10H13FN2/c1-4-7(2)9-5-10(12-3)8(11)6-13-9/h5-6H,2,4H2,1,3H3,(H,12,13). The van der Waals surface area contributed by atoms with E-state index in [4.69, 9.17) is 0 Å². The van der Waals surface area contributed by atoms with Crippen molar-refractivity contribution in [2.24, 2.45) is 0 Å². The average molecular weight is 180 g/mol. The van der Waals surface area contributed by atoms with Crippen LogP contribution < -0.4 is 5.32 Å². The van der Waals surface area contributed by atoms with Crippen LogP contribution in [0.5, 0.6) is 0 Å². The molecule has 13 heavy (non-hydrogen) atoms. The summed E-state index contributed by atoms with van der Waals surface area (Å²) in [6.07, 6.45) is 2.03. The molecule has 0 saturated carbocycles. The zero-order valence-electron chi connectivity index (χ0n) is 7.89. The Morgan fingerprint density at radius 2 is 2.38 bits per heavy atom. The van der Waals surface area contributed by atoms with Gasteiger partial charge in [0.1, 0.15) is 0 Å². The van der Waals surface area contributed by atoms with Gasteiger partial charge in [-0.05, 0) is 18.1 Å². The van der Waals surface area contributed by atoms with Crippen LogP contribution in [0.2, 0.25) is 0 Å². The lowest BCUT2D eigenvalue weighted by Crippen LogP contribution is -1.96. The number of allylic oxidation sites excluding steroid dienone is 1. The molecule has 2 nitrogen and oxygen atoms in total. The van der Waals surface area contributed by atoms with Crippen LogP contribution in [0, 0.1) is 5.82 Å². The van der Waals surface area contributed by atoms with Gasteiger partial charge >= 0.3 is 0 Å². The Morgan fingerprint density at radius 1 is 1.69 bits per heavy atom. The van der Waals surface area contributed by atoms with Gasteiger partial charge in [0.05, 0.1) is 17.6 Å². The van der Waals surface area contributed by atoms with Gasteiger partial charge in [0.15, 0.2) is 5.82 Å². The molecule has 0 spiro atoms.